The Morgan fingerprint density at radius 3 is 2.22 bits per heavy atom. The van der Waals surface area contributed by atoms with Gasteiger partial charge in [-0.15, -0.1) is 0 Å². The molecule has 3 rings (SSSR count). The number of esters is 1. The second-order valence-corrected chi connectivity index (χ2v) is 9.57. The molecule has 32 heavy (non-hydrogen) atoms. The van der Waals surface area contributed by atoms with Gasteiger partial charge in [-0.25, -0.2) is 17.5 Å². The SMILES string of the molecule is CCCC(=O)N(c1ccc2oc(C)c(C(=O)OC)c2c1)S(=O)(=O)c1c(C)cc(C)cc1C. The largest absolute Gasteiger partial charge is 0.465 e. The normalized spacial score (nSPS) is 11.6. The summed E-state index contributed by atoms with van der Waals surface area (Å²) < 4.78 is 38.9. The van der Waals surface area contributed by atoms with Crippen LogP contribution in [0.15, 0.2) is 39.6 Å². The summed E-state index contributed by atoms with van der Waals surface area (Å²) in [7, 11) is -2.96. The number of rotatable bonds is 6. The summed E-state index contributed by atoms with van der Waals surface area (Å²) in [4.78, 5) is 25.5. The number of benzene rings is 2. The second kappa shape index (κ2) is 8.78. The summed E-state index contributed by atoms with van der Waals surface area (Å²) in [5, 5.41) is 0.383. The Morgan fingerprint density at radius 2 is 1.66 bits per heavy atom. The Morgan fingerprint density at radius 1 is 1.03 bits per heavy atom. The number of carbonyl (C=O) groups excluding carboxylic acids is 2. The van der Waals surface area contributed by atoms with Crippen molar-refractivity contribution >= 4 is 38.6 Å². The summed E-state index contributed by atoms with van der Waals surface area (Å²) in [6.45, 7) is 8.76. The maximum absolute atomic E-state index is 13.8. The average molecular weight is 458 g/mol. The minimum atomic E-state index is -4.22. The lowest BCUT2D eigenvalue weighted by Crippen LogP contribution is -2.37. The van der Waals surface area contributed by atoms with Gasteiger partial charge in [0.15, 0.2) is 0 Å². The summed E-state index contributed by atoms with van der Waals surface area (Å²) in [6, 6.07) is 8.11. The molecule has 0 saturated heterocycles. The molecule has 0 aliphatic heterocycles. The smallest absolute Gasteiger partial charge is 0.342 e. The van der Waals surface area contributed by atoms with E-state index in [1.54, 1.807) is 39.0 Å². The minimum Gasteiger partial charge on any atom is -0.465 e. The standard InChI is InChI=1S/C24H27NO6S/c1-7-8-21(26)25(32(28,29)23-15(3)11-14(2)12-16(23)4)18-9-10-20-19(13-18)22(17(5)31-20)24(27)30-6/h9-13H,7-8H2,1-6H3. The molecule has 0 unspecified atom stereocenters. The number of sulfonamides is 1. The zero-order valence-electron chi connectivity index (χ0n) is 19.1. The van der Waals surface area contributed by atoms with Crippen molar-refractivity contribution in [1.82, 2.24) is 0 Å². The number of hydrogen-bond acceptors (Lipinski definition) is 6. The van der Waals surface area contributed by atoms with Crippen molar-refractivity contribution < 1.29 is 27.2 Å². The van der Waals surface area contributed by atoms with Crippen LogP contribution in [-0.4, -0.2) is 27.4 Å². The molecule has 1 aromatic heterocycles. The molecule has 1 amide bonds. The lowest BCUT2D eigenvalue weighted by Gasteiger charge is -2.25. The second-order valence-electron chi connectivity index (χ2n) is 7.85. The van der Waals surface area contributed by atoms with Crippen LogP contribution in [-0.2, 0) is 19.6 Å². The molecular formula is C24H27NO6S. The van der Waals surface area contributed by atoms with Gasteiger partial charge in [0, 0.05) is 11.8 Å². The van der Waals surface area contributed by atoms with Gasteiger partial charge in [-0.2, -0.15) is 0 Å². The molecule has 0 bridgehead atoms. The van der Waals surface area contributed by atoms with Crippen LogP contribution in [0.25, 0.3) is 11.0 Å². The van der Waals surface area contributed by atoms with Gasteiger partial charge in [0.2, 0.25) is 5.91 Å². The Balaban J connectivity index is 2.29. The van der Waals surface area contributed by atoms with Crippen molar-refractivity contribution in [1.29, 1.82) is 0 Å². The van der Waals surface area contributed by atoms with Crippen LogP contribution in [0.5, 0.6) is 0 Å². The molecular weight excluding hydrogens is 430 g/mol. The first kappa shape index (κ1) is 23.5. The molecule has 8 heteroatoms. The molecule has 0 atom stereocenters. The maximum atomic E-state index is 13.8. The van der Waals surface area contributed by atoms with Crippen molar-refractivity contribution in [2.45, 2.75) is 52.4 Å². The molecule has 0 N–H and O–H groups in total. The van der Waals surface area contributed by atoms with Gasteiger partial charge in [0.25, 0.3) is 10.0 Å². The number of aryl methyl sites for hydroxylation is 4. The summed E-state index contributed by atoms with van der Waals surface area (Å²) in [6.07, 6.45) is 0.534. The number of amides is 1. The van der Waals surface area contributed by atoms with Gasteiger partial charge >= 0.3 is 5.97 Å². The monoisotopic (exact) mass is 457 g/mol. The van der Waals surface area contributed by atoms with E-state index in [-0.39, 0.29) is 22.6 Å². The van der Waals surface area contributed by atoms with Crippen molar-refractivity contribution in [2.24, 2.45) is 0 Å². The first-order valence-electron chi connectivity index (χ1n) is 10.3. The number of ether oxygens (including phenoxy) is 1. The number of hydrogen-bond donors (Lipinski definition) is 0. The predicted molar refractivity (Wildman–Crippen MR) is 123 cm³/mol. The fourth-order valence-electron chi connectivity index (χ4n) is 4.09. The van der Waals surface area contributed by atoms with E-state index in [1.807, 2.05) is 13.8 Å². The van der Waals surface area contributed by atoms with E-state index in [9.17, 15) is 18.0 Å². The third-order valence-electron chi connectivity index (χ3n) is 5.26. The van der Waals surface area contributed by atoms with Crippen LogP contribution in [0.3, 0.4) is 0 Å². The van der Waals surface area contributed by atoms with Crippen molar-refractivity contribution in [3.8, 4) is 0 Å². The lowest BCUT2D eigenvalue weighted by molar-refractivity contribution is -0.117. The molecule has 0 aliphatic carbocycles. The Kier molecular flexibility index (Phi) is 6.46. The van der Waals surface area contributed by atoms with Crippen LogP contribution >= 0.6 is 0 Å². The van der Waals surface area contributed by atoms with Gasteiger partial charge < -0.3 is 9.15 Å². The number of fused-ring (bicyclic) bond motifs is 1. The lowest BCUT2D eigenvalue weighted by atomic mass is 10.1. The first-order valence-corrected chi connectivity index (χ1v) is 11.7. The van der Waals surface area contributed by atoms with E-state index in [0.717, 1.165) is 9.87 Å². The number of carbonyl (C=O) groups is 2. The molecule has 2 aromatic carbocycles. The van der Waals surface area contributed by atoms with Gasteiger partial charge in [0.05, 0.1) is 17.7 Å². The molecule has 3 aromatic rings. The van der Waals surface area contributed by atoms with E-state index in [2.05, 4.69) is 0 Å². The molecule has 0 spiro atoms. The minimum absolute atomic E-state index is 0.0511. The third-order valence-corrected chi connectivity index (χ3v) is 7.32. The fraction of sp³-hybridized carbons (Fsp3) is 0.333. The van der Waals surface area contributed by atoms with Crippen LogP contribution in [0.1, 0.15) is 52.6 Å². The highest BCUT2D eigenvalue weighted by Crippen LogP contribution is 2.34. The highest BCUT2D eigenvalue weighted by molar-refractivity contribution is 7.93. The summed E-state index contributed by atoms with van der Waals surface area (Å²) >= 11 is 0. The summed E-state index contributed by atoms with van der Waals surface area (Å²) in [5.74, 6) is -0.799. The van der Waals surface area contributed by atoms with Crippen LogP contribution in [0, 0.1) is 27.7 Å². The zero-order valence-corrected chi connectivity index (χ0v) is 19.9. The maximum Gasteiger partial charge on any atom is 0.342 e. The quantitative estimate of drug-likeness (QED) is 0.485. The van der Waals surface area contributed by atoms with Gasteiger partial charge in [0.1, 0.15) is 16.9 Å². The van der Waals surface area contributed by atoms with E-state index in [4.69, 9.17) is 9.15 Å². The zero-order chi connectivity index (χ0) is 23.8. The fourth-order valence-corrected chi connectivity index (χ4v) is 5.95. The average Bonchev–Trinajstić information content (AvgIpc) is 3.01. The highest BCUT2D eigenvalue weighted by Gasteiger charge is 2.33. The van der Waals surface area contributed by atoms with Gasteiger partial charge in [-0.1, -0.05) is 24.6 Å². The number of nitrogens with zero attached hydrogens (tertiary/aromatic N) is 1. The van der Waals surface area contributed by atoms with Crippen LogP contribution in [0.2, 0.25) is 0 Å². The summed E-state index contributed by atoms with van der Waals surface area (Å²) in [5.41, 5.74) is 2.80. The topological polar surface area (TPSA) is 93.9 Å². The van der Waals surface area contributed by atoms with Gasteiger partial charge in [-0.05, 0) is 63.4 Å². The molecule has 7 nitrogen and oxygen atoms in total. The van der Waals surface area contributed by atoms with Crippen molar-refractivity contribution in [3.63, 3.8) is 0 Å². The number of anilines is 1. The predicted octanol–water partition coefficient (Wildman–Crippen LogP) is 4.98. The Labute approximate surface area is 188 Å². The van der Waals surface area contributed by atoms with Crippen LogP contribution < -0.4 is 4.31 Å². The molecule has 0 radical (unpaired) electrons. The highest BCUT2D eigenvalue weighted by atomic mass is 32.2. The third kappa shape index (κ3) is 4.02. The van der Waals surface area contributed by atoms with Crippen molar-refractivity contribution in [3.05, 3.63) is 58.3 Å². The van der Waals surface area contributed by atoms with E-state index in [1.165, 1.54) is 19.2 Å². The Hall–Kier alpha value is -3.13. The van der Waals surface area contributed by atoms with Gasteiger partial charge in [-0.3, -0.25) is 4.79 Å². The molecule has 0 aliphatic rings. The molecule has 0 fully saturated rings. The van der Waals surface area contributed by atoms with E-state index in [0.29, 0.717) is 34.3 Å². The van der Waals surface area contributed by atoms with E-state index < -0.39 is 21.9 Å². The van der Waals surface area contributed by atoms with Crippen LogP contribution in [0.4, 0.5) is 5.69 Å². The number of furan rings is 1. The first-order chi connectivity index (χ1) is 15.0. The molecule has 1 heterocycles. The van der Waals surface area contributed by atoms with Crippen molar-refractivity contribution in [2.75, 3.05) is 11.4 Å². The van der Waals surface area contributed by atoms with E-state index >= 15 is 0 Å². The number of methoxy groups -OCH3 is 1. The molecule has 170 valence electrons. The molecule has 0 saturated carbocycles. The Bertz CT molecular complexity index is 1300.